The van der Waals surface area contributed by atoms with E-state index in [-0.39, 0.29) is 6.73 Å². The van der Waals surface area contributed by atoms with Gasteiger partial charge in [0.1, 0.15) is 12.5 Å². The van der Waals surface area contributed by atoms with Gasteiger partial charge in [0.05, 0.1) is 23.8 Å². The third kappa shape index (κ3) is 7.40. The van der Waals surface area contributed by atoms with Crippen molar-refractivity contribution in [3.63, 3.8) is 0 Å². The average Bonchev–Trinajstić information content (AvgIpc) is 2.92. The Morgan fingerprint density at radius 1 is 1.03 bits per heavy atom. The molecule has 0 unspecified atom stereocenters. The lowest BCUT2D eigenvalue weighted by molar-refractivity contribution is -0.00563. The van der Waals surface area contributed by atoms with Crippen molar-refractivity contribution in [1.82, 2.24) is 9.47 Å². The highest BCUT2D eigenvalue weighted by atomic mass is 31.2. The number of rotatable bonds is 9. The minimum atomic E-state index is -3.81. The van der Waals surface area contributed by atoms with Crippen molar-refractivity contribution in [3.8, 4) is 5.75 Å². The zero-order valence-corrected chi connectivity index (χ0v) is 20.7. The summed E-state index contributed by atoms with van der Waals surface area (Å²) < 4.78 is 38.0. The molecule has 0 amide bonds. The highest BCUT2D eigenvalue weighted by molar-refractivity contribution is 7.48. The van der Waals surface area contributed by atoms with Gasteiger partial charge in [-0.2, -0.15) is 0 Å². The molecule has 1 aromatic carbocycles. The van der Waals surface area contributed by atoms with Gasteiger partial charge in [0.15, 0.2) is 0 Å². The maximum atomic E-state index is 13.4. The lowest BCUT2D eigenvalue weighted by Crippen LogP contribution is -2.25. The summed E-state index contributed by atoms with van der Waals surface area (Å²) in [5, 5.41) is 1.12. The van der Waals surface area contributed by atoms with Crippen LogP contribution in [0.1, 0.15) is 47.1 Å². The van der Waals surface area contributed by atoms with Gasteiger partial charge in [-0.1, -0.05) is 0 Å². The number of phosphoric ester groups is 1. The number of aromatic nitrogens is 1. The van der Waals surface area contributed by atoms with E-state index < -0.39 is 19.0 Å². The molecule has 0 saturated heterocycles. The van der Waals surface area contributed by atoms with E-state index in [1.165, 1.54) is 5.56 Å². The molecule has 0 aliphatic heterocycles. The van der Waals surface area contributed by atoms with Crippen molar-refractivity contribution in [2.24, 2.45) is 0 Å². The Morgan fingerprint density at radius 2 is 1.63 bits per heavy atom. The van der Waals surface area contributed by atoms with Crippen LogP contribution in [0, 0.1) is 0 Å². The number of fused-ring (bicyclic) bond motifs is 1. The van der Waals surface area contributed by atoms with E-state index in [2.05, 4.69) is 19.0 Å². The second kappa shape index (κ2) is 9.41. The third-order valence-electron chi connectivity index (χ3n) is 4.13. The van der Waals surface area contributed by atoms with E-state index in [0.29, 0.717) is 0 Å². The standard InChI is InChI=1S/C22H37N2O5P/c1-21(2,3)28-30(25,29-22(4,5)6)27-16-24-15-17(12-13-23(7)8)19-11-10-18(26-9)14-20(19)24/h10-11,14-15H,12-13,16H2,1-9H3. The minimum absolute atomic E-state index is 0.0368. The first-order valence-electron chi connectivity index (χ1n) is 10.2. The Kier molecular flexibility index (Phi) is 7.81. The molecule has 2 rings (SSSR count). The van der Waals surface area contributed by atoms with E-state index in [1.807, 2.05) is 70.5 Å². The van der Waals surface area contributed by atoms with E-state index in [1.54, 1.807) is 7.11 Å². The Labute approximate surface area is 180 Å². The highest BCUT2D eigenvalue weighted by Crippen LogP contribution is 2.55. The summed E-state index contributed by atoms with van der Waals surface area (Å²) in [6.07, 6.45) is 2.92. The number of hydrogen-bond acceptors (Lipinski definition) is 6. The average molecular weight is 441 g/mol. The first-order valence-corrected chi connectivity index (χ1v) is 11.6. The molecular weight excluding hydrogens is 403 g/mol. The fraction of sp³-hybridized carbons (Fsp3) is 0.636. The monoisotopic (exact) mass is 440 g/mol. The predicted molar refractivity (Wildman–Crippen MR) is 121 cm³/mol. The van der Waals surface area contributed by atoms with Crippen molar-refractivity contribution < 1.29 is 22.9 Å². The quantitative estimate of drug-likeness (QED) is 0.482. The predicted octanol–water partition coefficient (Wildman–Crippen LogP) is 5.47. The number of likely N-dealkylation sites (N-methyl/N-ethyl adjacent to an activating group) is 1. The van der Waals surface area contributed by atoms with Crippen LogP contribution in [-0.4, -0.2) is 48.4 Å². The lowest BCUT2D eigenvalue weighted by atomic mass is 10.1. The van der Waals surface area contributed by atoms with Gasteiger partial charge in [-0.3, -0.25) is 13.6 Å². The van der Waals surface area contributed by atoms with Crippen LogP contribution in [0.2, 0.25) is 0 Å². The fourth-order valence-electron chi connectivity index (χ4n) is 3.00. The van der Waals surface area contributed by atoms with Crippen molar-refractivity contribution >= 4 is 18.7 Å². The van der Waals surface area contributed by atoms with Crippen LogP contribution in [0.25, 0.3) is 10.9 Å². The molecule has 1 heterocycles. The van der Waals surface area contributed by atoms with Crippen molar-refractivity contribution in [1.29, 1.82) is 0 Å². The zero-order valence-electron chi connectivity index (χ0n) is 19.8. The number of phosphoric acid groups is 1. The van der Waals surface area contributed by atoms with Gasteiger partial charge in [-0.05, 0) is 79.8 Å². The Hall–Kier alpha value is -1.37. The molecule has 0 aliphatic carbocycles. The van der Waals surface area contributed by atoms with Crippen LogP contribution < -0.4 is 4.74 Å². The number of benzene rings is 1. The molecule has 0 spiro atoms. The number of hydrogen-bond donors (Lipinski definition) is 0. The molecule has 30 heavy (non-hydrogen) atoms. The Balaban J connectivity index is 2.36. The highest BCUT2D eigenvalue weighted by Gasteiger charge is 2.37. The van der Waals surface area contributed by atoms with E-state index in [0.717, 1.165) is 29.6 Å². The molecular formula is C22H37N2O5P. The van der Waals surface area contributed by atoms with Crippen molar-refractivity contribution in [2.45, 2.75) is 65.9 Å². The largest absolute Gasteiger partial charge is 0.497 e. The smallest absolute Gasteiger partial charge is 0.477 e. The summed E-state index contributed by atoms with van der Waals surface area (Å²) in [6, 6.07) is 5.95. The van der Waals surface area contributed by atoms with Gasteiger partial charge in [0.2, 0.25) is 0 Å². The molecule has 0 aliphatic rings. The zero-order chi connectivity index (χ0) is 22.7. The SMILES string of the molecule is COc1ccc2c(CCN(C)C)cn(COP(=O)(OC(C)(C)C)OC(C)(C)C)c2c1. The Bertz CT molecular complexity index is 873. The molecule has 0 N–H and O–H groups in total. The molecule has 7 nitrogen and oxygen atoms in total. The summed E-state index contributed by atoms with van der Waals surface area (Å²) >= 11 is 0. The fourth-order valence-corrected chi connectivity index (χ4v) is 4.75. The van der Waals surface area contributed by atoms with Crippen molar-refractivity contribution in [2.75, 3.05) is 27.7 Å². The molecule has 0 bridgehead atoms. The summed E-state index contributed by atoms with van der Waals surface area (Å²) in [7, 11) is 1.93. The second-order valence-electron chi connectivity index (χ2n) is 9.67. The lowest BCUT2D eigenvalue weighted by Gasteiger charge is -2.31. The molecule has 2 aromatic rings. The van der Waals surface area contributed by atoms with E-state index in [9.17, 15) is 4.57 Å². The van der Waals surface area contributed by atoms with Crippen molar-refractivity contribution in [3.05, 3.63) is 30.0 Å². The topological polar surface area (TPSA) is 62.2 Å². The van der Waals surface area contributed by atoms with Crippen LogP contribution in [0.3, 0.4) is 0 Å². The van der Waals surface area contributed by atoms with Crippen LogP contribution in [0.4, 0.5) is 0 Å². The van der Waals surface area contributed by atoms with E-state index >= 15 is 0 Å². The van der Waals surface area contributed by atoms with Gasteiger partial charge in [-0.25, -0.2) is 4.57 Å². The molecule has 170 valence electrons. The van der Waals surface area contributed by atoms with Gasteiger partial charge < -0.3 is 14.2 Å². The van der Waals surface area contributed by atoms with Gasteiger partial charge in [0, 0.05) is 24.2 Å². The first-order chi connectivity index (χ1) is 13.7. The Morgan fingerprint density at radius 3 is 2.13 bits per heavy atom. The summed E-state index contributed by atoms with van der Waals surface area (Å²) in [5.41, 5.74) is 0.772. The second-order valence-corrected chi connectivity index (χ2v) is 11.2. The molecule has 1 aromatic heterocycles. The number of methoxy groups -OCH3 is 1. The van der Waals surface area contributed by atoms with E-state index in [4.69, 9.17) is 18.3 Å². The molecule has 0 radical (unpaired) electrons. The normalized spacial score (nSPS) is 13.4. The maximum Gasteiger partial charge on any atom is 0.477 e. The van der Waals surface area contributed by atoms with Crippen LogP contribution in [0.5, 0.6) is 5.75 Å². The minimum Gasteiger partial charge on any atom is -0.497 e. The summed E-state index contributed by atoms with van der Waals surface area (Å²) in [6.45, 7) is 11.9. The molecule has 8 heteroatoms. The first kappa shape index (κ1) is 24.9. The summed E-state index contributed by atoms with van der Waals surface area (Å²) in [5.74, 6) is 0.751. The maximum absolute atomic E-state index is 13.4. The van der Waals surface area contributed by atoms with Crippen LogP contribution >= 0.6 is 7.82 Å². The van der Waals surface area contributed by atoms with Gasteiger partial charge >= 0.3 is 7.82 Å². The summed E-state index contributed by atoms with van der Waals surface area (Å²) in [4.78, 5) is 2.14. The number of ether oxygens (including phenoxy) is 1. The molecule has 0 fully saturated rings. The van der Waals surface area contributed by atoms with Crippen LogP contribution in [-0.2, 0) is 31.3 Å². The third-order valence-corrected chi connectivity index (χ3v) is 6.10. The molecule has 0 saturated carbocycles. The van der Waals surface area contributed by atoms with Crippen LogP contribution in [0.15, 0.2) is 24.4 Å². The van der Waals surface area contributed by atoms with Gasteiger partial charge in [0.25, 0.3) is 0 Å². The van der Waals surface area contributed by atoms with Gasteiger partial charge in [-0.15, -0.1) is 0 Å². The molecule has 0 atom stereocenters. The number of nitrogens with zero attached hydrogens (tertiary/aromatic N) is 2.